The second-order valence-electron chi connectivity index (χ2n) is 5.84. The molecule has 0 saturated carbocycles. The summed E-state index contributed by atoms with van der Waals surface area (Å²) in [5.41, 5.74) is 0.592. The number of likely N-dealkylation sites (tertiary alicyclic amines) is 1. The summed E-state index contributed by atoms with van der Waals surface area (Å²) in [4.78, 5) is 25.2. The molecule has 8 heteroatoms. The van der Waals surface area contributed by atoms with Crippen molar-refractivity contribution in [3.63, 3.8) is 0 Å². The largest absolute Gasteiger partial charge is 0.497 e. The Labute approximate surface area is 147 Å². The molecule has 1 aliphatic rings. The van der Waals surface area contributed by atoms with E-state index in [-0.39, 0.29) is 12.1 Å². The van der Waals surface area contributed by atoms with E-state index in [0.29, 0.717) is 42.7 Å². The quantitative estimate of drug-likeness (QED) is 0.850. The second kappa shape index (κ2) is 9.00. The molecule has 1 saturated heterocycles. The summed E-state index contributed by atoms with van der Waals surface area (Å²) in [5, 5.41) is 5.64. The van der Waals surface area contributed by atoms with E-state index in [4.69, 9.17) is 14.2 Å². The van der Waals surface area contributed by atoms with Gasteiger partial charge in [0.15, 0.2) is 0 Å². The lowest BCUT2D eigenvalue weighted by Gasteiger charge is -2.30. The third-order valence-corrected chi connectivity index (χ3v) is 4.21. The van der Waals surface area contributed by atoms with Crippen LogP contribution in [0, 0.1) is 5.92 Å². The maximum atomic E-state index is 12.1. The number of carbonyl (C=O) groups is 2. The minimum atomic E-state index is -0.295. The molecule has 1 heterocycles. The van der Waals surface area contributed by atoms with Crippen LogP contribution in [0.5, 0.6) is 11.5 Å². The van der Waals surface area contributed by atoms with Crippen LogP contribution < -0.4 is 20.1 Å². The van der Waals surface area contributed by atoms with Gasteiger partial charge in [-0.05, 0) is 18.8 Å². The lowest BCUT2D eigenvalue weighted by molar-refractivity contribution is 0.106. The number of urea groups is 1. The molecule has 3 amide bonds. The number of piperidine rings is 1. The number of anilines is 1. The molecule has 0 atom stereocenters. The maximum Gasteiger partial charge on any atom is 0.409 e. The molecule has 25 heavy (non-hydrogen) atoms. The van der Waals surface area contributed by atoms with Crippen LogP contribution in [0.3, 0.4) is 0 Å². The van der Waals surface area contributed by atoms with Crippen molar-refractivity contribution < 1.29 is 23.8 Å². The molecule has 0 aromatic heterocycles. The van der Waals surface area contributed by atoms with Crippen LogP contribution >= 0.6 is 0 Å². The highest BCUT2D eigenvalue weighted by Crippen LogP contribution is 2.25. The first-order chi connectivity index (χ1) is 12.0. The van der Waals surface area contributed by atoms with Crippen molar-refractivity contribution in [3.8, 4) is 11.5 Å². The number of rotatable bonds is 5. The smallest absolute Gasteiger partial charge is 0.409 e. The third-order valence-electron chi connectivity index (χ3n) is 4.21. The van der Waals surface area contributed by atoms with Gasteiger partial charge in [-0.1, -0.05) is 0 Å². The zero-order chi connectivity index (χ0) is 18.2. The number of hydrogen-bond donors (Lipinski definition) is 2. The summed E-state index contributed by atoms with van der Waals surface area (Å²) < 4.78 is 15.1. The second-order valence-corrected chi connectivity index (χ2v) is 5.84. The average Bonchev–Trinajstić information content (AvgIpc) is 2.65. The number of nitrogens with zero attached hydrogens (tertiary/aromatic N) is 1. The molecular weight excluding hydrogens is 326 g/mol. The van der Waals surface area contributed by atoms with Gasteiger partial charge in [-0.25, -0.2) is 9.59 Å². The molecule has 138 valence electrons. The fourth-order valence-electron chi connectivity index (χ4n) is 2.74. The van der Waals surface area contributed by atoms with Crippen LogP contribution in [0.15, 0.2) is 18.2 Å². The molecule has 2 rings (SSSR count). The minimum Gasteiger partial charge on any atom is -0.497 e. The van der Waals surface area contributed by atoms with Gasteiger partial charge in [0.2, 0.25) is 0 Å². The molecule has 0 aliphatic carbocycles. The van der Waals surface area contributed by atoms with E-state index in [2.05, 4.69) is 10.6 Å². The van der Waals surface area contributed by atoms with E-state index in [1.807, 2.05) is 0 Å². The summed E-state index contributed by atoms with van der Waals surface area (Å²) in [7, 11) is 4.49. The molecule has 0 bridgehead atoms. The highest BCUT2D eigenvalue weighted by Gasteiger charge is 2.23. The summed E-state index contributed by atoms with van der Waals surface area (Å²) in [6.07, 6.45) is 1.38. The molecule has 1 aromatic rings. The first-order valence-electron chi connectivity index (χ1n) is 8.16. The van der Waals surface area contributed by atoms with Crippen LogP contribution in [0.25, 0.3) is 0 Å². The van der Waals surface area contributed by atoms with Gasteiger partial charge in [0, 0.05) is 43.5 Å². The zero-order valence-electron chi connectivity index (χ0n) is 14.8. The lowest BCUT2D eigenvalue weighted by atomic mass is 9.97. The number of ether oxygens (including phenoxy) is 3. The number of amides is 3. The summed E-state index contributed by atoms with van der Waals surface area (Å²) in [5.74, 6) is 1.54. The van der Waals surface area contributed by atoms with E-state index in [1.54, 1.807) is 37.3 Å². The van der Waals surface area contributed by atoms with Gasteiger partial charge >= 0.3 is 12.1 Å². The van der Waals surface area contributed by atoms with Crippen molar-refractivity contribution in [1.82, 2.24) is 10.2 Å². The number of benzene rings is 1. The van der Waals surface area contributed by atoms with Crippen LogP contribution in [0.1, 0.15) is 12.8 Å². The fourth-order valence-corrected chi connectivity index (χ4v) is 2.74. The normalized spacial score (nSPS) is 14.6. The van der Waals surface area contributed by atoms with E-state index < -0.39 is 0 Å². The summed E-state index contributed by atoms with van der Waals surface area (Å²) >= 11 is 0. The van der Waals surface area contributed by atoms with Gasteiger partial charge in [0.1, 0.15) is 11.5 Å². The Morgan fingerprint density at radius 2 is 1.68 bits per heavy atom. The Morgan fingerprint density at radius 3 is 2.20 bits per heavy atom. The number of carbonyl (C=O) groups excluding carboxylic acids is 2. The van der Waals surface area contributed by atoms with Gasteiger partial charge in [0.05, 0.1) is 21.3 Å². The first-order valence-corrected chi connectivity index (χ1v) is 8.16. The lowest BCUT2D eigenvalue weighted by Crippen LogP contribution is -2.42. The monoisotopic (exact) mass is 351 g/mol. The van der Waals surface area contributed by atoms with Gasteiger partial charge in [-0.3, -0.25) is 0 Å². The molecule has 2 N–H and O–H groups in total. The molecular formula is C17H25N3O5. The van der Waals surface area contributed by atoms with Crippen molar-refractivity contribution in [3.05, 3.63) is 18.2 Å². The van der Waals surface area contributed by atoms with E-state index in [0.717, 1.165) is 12.8 Å². The number of hydrogen-bond acceptors (Lipinski definition) is 5. The number of nitrogens with one attached hydrogen (secondary N) is 2. The molecule has 0 radical (unpaired) electrons. The van der Waals surface area contributed by atoms with Gasteiger partial charge in [-0.2, -0.15) is 0 Å². The van der Waals surface area contributed by atoms with Crippen LogP contribution in [0.4, 0.5) is 15.3 Å². The topological polar surface area (TPSA) is 89.1 Å². The Bertz CT molecular complexity index is 578. The Morgan fingerprint density at radius 1 is 1.08 bits per heavy atom. The first kappa shape index (κ1) is 18.7. The van der Waals surface area contributed by atoms with E-state index in [9.17, 15) is 9.59 Å². The van der Waals surface area contributed by atoms with Gasteiger partial charge < -0.3 is 29.7 Å². The molecule has 0 spiro atoms. The summed E-state index contributed by atoms with van der Waals surface area (Å²) in [6, 6.07) is 4.89. The standard InChI is InChI=1S/C17H25N3O5/c1-23-14-8-13(9-15(10-14)24-2)19-16(21)18-11-12-4-6-20(7-5-12)17(22)25-3/h8-10,12H,4-7,11H2,1-3H3,(H2,18,19,21). The maximum absolute atomic E-state index is 12.1. The summed E-state index contributed by atoms with van der Waals surface area (Å²) in [6.45, 7) is 1.85. The molecule has 1 fully saturated rings. The Hall–Kier alpha value is -2.64. The predicted octanol–water partition coefficient (Wildman–Crippen LogP) is 2.30. The van der Waals surface area contributed by atoms with Crippen LogP contribution in [0.2, 0.25) is 0 Å². The van der Waals surface area contributed by atoms with Crippen molar-refractivity contribution in [2.45, 2.75) is 12.8 Å². The van der Waals surface area contributed by atoms with Crippen molar-refractivity contribution in [2.75, 3.05) is 46.3 Å². The Kier molecular flexibility index (Phi) is 6.73. The molecule has 0 unspecified atom stereocenters. The van der Waals surface area contributed by atoms with Crippen molar-refractivity contribution in [1.29, 1.82) is 0 Å². The molecule has 8 nitrogen and oxygen atoms in total. The minimum absolute atomic E-state index is 0.286. The predicted molar refractivity (Wildman–Crippen MR) is 93.3 cm³/mol. The Balaban J connectivity index is 1.79. The third kappa shape index (κ3) is 5.44. The van der Waals surface area contributed by atoms with Crippen molar-refractivity contribution >= 4 is 17.8 Å². The highest BCUT2D eigenvalue weighted by molar-refractivity contribution is 5.89. The fraction of sp³-hybridized carbons (Fsp3) is 0.529. The molecule has 1 aliphatic heterocycles. The SMILES string of the molecule is COC(=O)N1CCC(CNC(=O)Nc2cc(OC)cc(OC)c2)CC1. The van der Waals surface area contributed by atoms with Crippen LogP contribution in [-0.2, 0) is 4.74 Å². The van der Waals surface area contributed by atoms with E-state index in [1.165, 1.54) is 7.11 Å². The van der Waals surface area contributed by atoms with Gasteiger partial charge in [-0.15, -0.1) is 0 Å². The van der Waals surface area contributed by atoms with Gasteiger partial charge in [0.25, 0.3) is 0 Å². The van der Waals surface area contributed by atoms with E-state index >= 15 is 0 Å². The molecule has 1 aromatic carbocycles. The average molecular weight is 351 g/mol. The van der Waals surface area contributed by atoms with Crippen LogP contribution in [-0.4, -0.2) is 58.0 Å². The highest BCUT2D eigenvalue weighted by atomic mass is 16.5. The number of methoxy groups -OCH3 is 3. The van der Waals surface area contributed by atoms with Crippen molar-refractivity contribution in [2.24, 2.45) is 5.92 Å². The zero-order valence-corrected chi connectivity index (χ0v) is 14.8.